The molecule has 1 saturated carbocycles. The molecule has 1 amide bonds. The highest BCUT2D eigenvalue weighted by Crippen LogP contribution is 2.35. The van der Waals surface area contributed by atoms with Crippen LogP contribution >= 0.6 is 0 Å². The highest BCUT2D eigenvalue weighted by atomic mass is 19.3. The molecule has 2 aromatic rings. The van der Waals surface area contributed by atoms with E-state index in [0.717, 1.165) is 36.7 Å². The van der Waals surface area contributed by atoms with E-state index in [4.69, 9.17) is 0 Å². The average molecular weight is 375 g/mol. The minimum atomic E-state index is -2.66. The van der Waals surface area contributed by atoms with E-state index in [2.05, 4.69) is 4.98 Å². The average Bonchev–Trinajstić information content (AvgIpc) is 3.35. The van der Waals surface area contributed by atoms with Gasteiger partial charge in [-0.05, 0) is 37.8 Å². The molecule has 1 atom stereocenters. The number of halogens is 2. The fraction of sp³-hybridized carbons (Fsp3) is 0.550. The molecule has 1 aromatic carbocycles. The quantitative estimate of drug-likeness (QED) is 0.822. The SMILES string of the molecule is O=C(C1CCCC1)N1CCCC1c1nc2ccccc2c(=O)n1CC(F)F. The number of amides is 1. The number of carbonyl (C=O) groups is 1. The first kappa shape index (κ1) is 18.1. The van der Waals surface area contributed by atoms with Crippen LogP contribution in [0, 0.1) is 5.92 Å². The van der Waals surface area contributed by atoms with Gasteiger partial charge in [-0.2, -0.15) is 0 Å². The molecular formula is C20H23F2N3O2. The van der Waals surface area contributed by atoms with Gasteiger partial charge < -0.3 is 4.90 Å². The second kappa shape index (κ2) is 7.37. The third kappa shape index (κ3) is 3.35. The third-order valence-corrected chi connectivity index (χ3v) is 5.75. The number of para-hydroxylation sites is 1. The second-order valence-electron chi connectivity index (χ2n) is 7.47. The summed E-state index contributed by atoms with van der Waals surface area (Å²) in [6.07, 6.45) is 2.66. The summed E-state index contributed by atoms with van der Waals surface area (Å²) in [5.74, 6) is 0.394. The van der Waals surface area contributed by atoms with Crippen LogP contribution in [0.1, 0.15) is 50.4 Å². The lowest BCUT2D eigenvalue weighted by Crippen LogP contribution is -2.38. The summed E-state index contributed by atoms with van der Waals surface area (Å²) >= 11 is 0. The lowest BCUT2D eigenvalue weighted by atomic mass is 10.1. The second-order valence-corrected chi connectivity index (χ2v) is 7.47. The van der Waals surface area contributed by atoms with E-state index in [1.54, 1.807) is 29.2 Å². The van der Waals surface area contributed by atoms with Crippen LogP contribution in [0.15, 0.2) is 29.1 Å². The third-order valence-electron chi connectivity index (χ3n) is 5.75. The predicted octanol–water partition coefficient (Wildman–Crippen LogP) is 3.52. The van der Waals surface area contributed by atoms with Crippen LogP contribution in [0.5, 0.6) is 0 Å². The van der Waals surface area contributed by atoms with Crippen molar-refractivity contribution < 1.29 is 13.6 Å². The summed E-state index contributed by atoms with van der Waals surface area (Å²) < 4.78 is 27.5. The molecule has 0 bridgehead atoms. The number of likely N-dealkylation sites (tertiary alicyclic amines) is 1. The maximum Gasteiger partial charge on any atom is 0.261 e. The zero-order valence-electron chi connectivity index (χ0n) is 15.1. The Morgan fingerprint density at radius 2 is 1.89 bits per heavy atom. The van der Waals surface area contributed by atoms with Gasteiger partial charge in [0, 0.05) is 12.5 Å². The summed E-state index contributed by atoms with van der Waals surface area (Å²) in [7, 11) is 0. The Kier molecular flexibility index (Phi) is 4.93. The van der Waals surface area contributed by atoms with Crippen LogP contribution in [0.2, 0.25) is 0 Å². The summed E-state index contributed by atoms with van der Waals surface area (Å²) in [6.45, 7) is -0.106. The molecule has 144 valence electrons. The van der Waals surface area contributed by atoms with Crippen molar-refractivity contribution in [2.24, 2.45) is 5.92 Å². The fourth-order valence-corrected chi connectivity index (χ4v) is 4.46. The summed E-state index contributed by atoms with van der Waals surface area (Å²) in [5, 5.41) is 0.327. The van der Waals surface area contributed by atoms with Crippen molar-refractivity contribution in [1.29, 1.82) is 0 Å². The molecule has 4 rings (SSSR count). The van der Waals surface area contributed by atoms with Crippen molar-refractivity contribution in [2.75, 3.05) is 6.54 Å². The number of benzene rings is 1. The van der Waals surface area contributed by atoms with Crippen molar-refractivity contribution in [2.45, 2.75) is 57.5 Å². The molecule has 2 aliphatic rings. The molecule has 0 radical (unpaired) electrons. The van der Waals surface area contributed by atoms with E-state index < -0.39 is 24.6 Å². The van der Waals surface area contributed by atoms with E-state index in [0.29, 0.717) is 29.7 Å². The van der Waals surface area contributed by atoms with Gasteiger partial charge >= 0.3 is 0 Å². The first-order valence-electron chi connectivity index (χ1n) is 9.64. The molecule has 7 heteroatoms. The monoisotopic (exact) mass is 375 g/mol. The number of carbonyl (C=O) groups excluding carboxylic acids is 1. The van der Waals surface area contributed by atoms with Gasteiger partial charge in [-0.3, -0.25) is 14.2 Å². The number of hydrogen-bond donors (Lipinski definition) is 0. The Morgan fingerprint density at radius 3 is 2.63 bits per heavy atom. The largest absolute Gasteiger partial charge is 0.332 e. The highest BCUT2D eigenvalue weighted by molar-refractivity contribution is 5.80. The van der Waals surface area contributed by atoms with Crippen LogP contribution in [0.4, 0.5) is 8.78 Å². The number of hydrogen-bond acceptors (Lipinski definition) is 3. The van der Waals surface area contributed by atoms with Crippen LogP contribution < -0.4 is 5.56 Å². The van der Waals surface area contributed by atoms with E-state index in [-0.39, 0.29) is 11.8 Å². The number of alkyl halides is 2. The maximum atomic E-state index is 13.2. The minimum absolute atomic E-state index is 0.0151. The molecular weight excluding hydrogens is 352 g/mol. The molecule has 1 aliphatic heterocycles. The lowest BCUT2D eigenvalue weighted by Gasteiger charge is -2.28. The van der Waals surface area contributed by atoms with Gasteiger partial charge in [0.15, 0.2) is 0 Å². The van der Waals surface area contributed by atoms with Gasteiger partial charge in [-0.1, -0.05) is 25.0 Å². The summed E-state index contributed by atoms with van der Waals surface area (Å²) in [6, 6.07) is 6.38. The highest BCUT2D eigenvalue weighted by Gasteiger charge is 2.37. The normalized spacial score (nSPS) is 20.9. The van der Waals surface area contributed by atoms with Gasteiger partial charge in [0.2, 0.25) is 5.91 Å². The van der Waals surface area contributed by atoms with Gasteiger partial charge in [0.25, 0.3) is 12.0 Å². The van der Waals surface area contributed by atoms with Crippen LogP contribution in [-0.2, 0) is 11.3 Å². The van der Waals surface area contributed by atoms with Crippen molar-refractivity contribution >= 4 is 16.8 Å². The first-order chi connectivity index (χ1) is 13.1. The van der Waals surface area contributed by atoms with Crippen molar-refractivity contribution in [3.8, 4) is 0 Å². The van der Waals surface area contributed by atoms with Crippen molar-refractivity contribution in [3.63, 3.8) is 0 Å². The van der Waals surface area contributed by atoms with Crippen molar-refractivity contribution in [3.05, 3.63) is 40.4 Å². The molecule has 1 saturated heterocycles. The van der Waals surface area contributed by atoms with Crippen LogP contribution in [0.3, 0.4) is 0 Å². The molecule has 0 spiro atoms. The smallest absolute Gasteiger partial charge is 0.261 e. The molecule has 5 nitrogen and oxygen atoms in total. The fourth-order valence-electron chi connectivity index (χ4n) is 4.46. The summed E-state index contributed by atoms with van der Waals surface area (Å²) in [5.41, 5.74) is 0.0271. The predicted molar refractivity (Wildman–Crippen MR) is 97.7 cm³/mol. The Morgan fingerprint density at radius 1 is 1.15 bits per heavy atom. The van der Waals surface area contributed by atoms with Gasteiger partial charge in [-0.15, -0.1) is 0 Å². The molecule has 27 heavy (non-hydrogen) atoms. The Balaban J connectivity index is 1.78. The Labute approximate surface area is 156 Å². The molecule has 0 N–H and O–H groups in total. The standard InChI is InChI=1S/C20H23F2N3O2/c21-17(22)12-25-18(23-15-9-4-3-8-14(15)20(25)27)16-10-5-11-24(16)19(26)13-6-1-2-7-13/h3-4,8-9,13,16-17H,1-2,5-7,10-12H2. The lowest BCUT2D eigenvalue weighted by molar-refractivity contribution is -0.136. The number of rotatable bonds is 4. The Bertz CT molecular complexity index is 906. The van der Waals surface area contributed by atoms with Gasteiger partial charge in [0.05, 0.1) is 23.5 Å². The van der Waals surface area contributed by atoms with E-state index in [9.17, 15) is 18.4 Å². The maximum absolute atomic E-state index is 13.2. The summed E-state index contributed by atoms with van der Waals surface area (Å²) in [4.78, 5) is 32.2. The molecule has 1 unspecified atom stereocenters. The van der Waals surface area contributed by atoms with Crippen LogP contribution in [-0.4, -0.2) is 33.3 Å². The number of nitrogens with zero attached hydrogens (tertiary/aromatic N) is 3. The minimum Gasteiger partial charge on any atom is -0.332 e. The Hall–Kier alpha value is -2.31. The van der Waals surface area contributed by atoms with Gasteiger partial charge in [-0.25, -0.2) is 13.8 Å². The van der Waals surface area contributed by atoms with E-state index in [1.807, 2.05) is 0 Å². The number of fused-ring (bicyclic) bond motifs is 1. The molecule has 2 fully saturated rings. The zero-order chi connectivity index (χ0) is 19.0. The number of aromatic nitrogens is 2. The van der Waals surface area contributed by atoms with E-state index in [1.165, 1.54) is 0 Å². The van der Waals surface area contributed by atoms with Crippen LogP contribution in [0.25, 0.3) is 10.9 Å². The van der Waals surface area contributed by atoms with E-state index >= 15 is 0 Å². The van der Waals surface area contributed by atoms with Crippen molar-refractivity contribution in [1.82, 2.24) is 14.5 Å². The van der Waals surface area contributed by atoms with Gasteiger partial charge in [0.1, 0.15) is 5.82 Å². The topological polar surface area (TPSA) is 55.2 Å². The first-order valence-corrected chi connectivity index (χ1v) is 9.64. The molecule has 2 heterocycles. The molecule has 1 aliphatic carbocycles. The molecule has 1 aromatic heterocycles. The zero-order valence-corrected chi connectivity index (χ0v) is 15.1.